The summed E-state index contributed by atoms with van der Waals surface area (Å²) in [5.74, 6) is -0.832. The largest absolute Gasteiger partial charge is 0.472 e. The number of carbonyl (C=O) groups excluding carboxylic acids is 2. The third kappa shape index (κ3) is 27.0. The van der Waals surface area contributed by atoms with Gasteiger partial charge in [0, 0.05) is 19.4 Å². The zero-order valence-corrected chi connectivity index (χ0v) is 25.8. The second-order valence-electron chi connectivity index (χ2n) is 10.3. The average Bonchev–Trinajstić information content (AvgIpc) is 2.91. The Kier molecular flexibility index (Phi) is 26.5. The minimum Gasteiger partial charge on any atom is -0.462 e. The van der Waals surface area contributed by atoms with E-state index in [-0.39, 0.29) is 38.6 Å². The van der Waals surface area contributed by atoms with Gasteiger partial charge in [-0.15, -0.1) is 0 Å². The Morgan fingerprint density at radius 3 is 1.56 bits per heavy atom. The van der Waals surface area contributed by atoms with Crippen LogP contribution >= 0.6 is 7.82 Å². The Hall–Kier alpha value is -0.990. The van der Waals surface area contributed by atoms with Gasteiger partial charge >= 0.3 is 19.8 Å². The maximum Gasteiger partial charge on any atom is 0.472 e. The van der Waals surface area contributed by atoms with E-state index in [0.717, 1.165) is 32.1 Å². The zero-order chi connectivity index (χ0) is 29.0. The monoisotopic (exact) mass is 579 g/mol. The van der Waals surface area contributed by atoms with Crippen LogP contribution in [0.4, 0.5) is 0 Å². The van der Waals surface area contributed by atoms with Crippen LogP contribution in [-0.4, -0.2) is 49.3 Å². The van der Waals surface area contributed by atoms with Crippen molar-refractivity contribution >= 4 is 19.8 Å². The maximum absolute atomic E-state index is 12.4. The van der Waals surface area contributed by atoms with Crippen molar-refractivity contribution in [2.45, 2.75) is 148 Å². The lowest BCUT2D eigenvalue weighted by atomic mass is 10.1. The lowest BCUT2D eigenvalue weighted by molar-refractivity contribution is -0.161. The SMILES string of the molecule is CCCCCCCCCCCC(=O)OCC(COP(=O)(O)OCCN)OC(=O)CCCCCCCCCCC. The van der Waals surface area contributed by atoms with Crippen molar-refractivity contribution in [2.24, 2.45) is 5.73 Å². The molecule has 3 N–H and O–H groups in total. The molecule has 0 aromatic carbocycles. The minimum absolute atomic E-state index is 0.0571. The molecule has 39 heavy (non-hydrogen) atoms. The van der Waals surface area contributed by atoms with Crippen molar-refractivity contribution in [3.8, 4) is 0 Å². The fourth-order valence-electron chi connectivity index (χ4n) is 4.16. The Morgan fingerprint density at radius 2 is 1.10 bits per heavy atom. The molecule has 0 bridgehead atoms. The van der Waals surface area contributed by atoms with Gasteiger partial charge in [-0.1, -0.05) is 117 Å². The number of hydrogen-bond acceptors (Lipinski definition) is 8. The van der Waals surface area contributed by atoms with Crippen molar-refractivity contribution in [3.05, 3.63) is 0 Å². The van der Waals surface area contributed by atoms with Crippen LogP contribution in [-0.2, 0) is 32.7 Å². The first kappa shape index (κ1) is 38.0. The molecule has 0 saturated carbocycles. The highest BCUT2D eigenvalue weighted by atomic mass is 31.2. The van der Waals surface area contributed by atoms with Crippen molar-refractivity contribution in [2.75, 3.05) is 26.4 Å². The van der Waals surface area contributed by atoms with Crippen LogP contribution in [0.2, 0.25) is 0 Å². The van der Waals surface area contributed by atoms with Gasteiger partial charge in [-0.25, -0.2) is 4.57 Å². The molecule has 0 radical (unpaired) electrons. The number of phosphoric acid groups is 1. The summed E-state index contributed by atoms with van der Waals surface area (Å²) >= 11 is 0. The van der Waals surface area contributed by atoms with Crippen LogP contribution in [0.3, 0.4) is 0 Å². The molecule has 0 spiro atoms. The highest BCUT2D eigenvalue weighted by Gasteiger charge is 2.25. The van der Waals surface area contributed by atoms with Gasteiger partial charge < -0.3 is 20.1 Å². The molecule has 0 amide bonds. The van der Waals surface area contributed by atoms with Crippen molar-refractivity contribution in [1.29, 1.82) is 0 Å². The summed E-state index contributed by atoms with van der Waals surface area (Å²) in [6, 6.07) is 0. The number of phosphoric ester groups is 1. The Bertz CT molecular complexity index is 634. The van der Waals surface area contributed by atoms with E-state index in [4.69, 9.17) is 24.3 Å². The van der Waals surface area contributed by atoms with Crippen LogP contribution in [0.5, 0.6) is 0 Å². The predicted octanol–water partition coefficient (Wildman–Crippen LogP) is 7.38. The van der Waals surface area contributed by atoms with Gasteiger partial charge in [0.2, 0.25) is 0 Å². The molecule has 0 aliphatic rings. The smallest absolute Gasteiger partial charge is 0.462 e. The van der Waals surface area contributed by atoms with Crippen molar-refractivity contribution in [1.82, 2.24) is 0 Å². The number of ether oxygens (including phenoxy) is 2. The standard InChI is InChI=1S/C29H58NO8P/c1-3-5-7-9-11-13-15-17-19-21-28(31)35-25-27(26-37-39(33,34)36-24-23-30)38-29(32)22-20-18-16-14-12-10-8-6-4-2/h27H,3-26,30H2,1-2H3,(H,33,34). The van der Waals surface area contributed by atoms with Crippen LogP contribution in [0.25, 0.3) is 0 Å². The van der Waals surface area contributed by atoms with Crippen LogP contribution < -0.4 is 5.73 Å². The number of carbonyl (C=O) groups is 2. The molecule has 2 unspecified atom stereocenters. The van der Waals surface area contributed by atoms with Gasteiger partial charge in [0.15, 0.2) is 6.10 Å². The first-order chi connectivity index (χ1) is 18.8. The zero-order valence-electron chi connectivity index (χ0n) is 24.9. The highest BCUT2D eigenvalue weighted by Crippen LogP contribution is 2.43. The third-order valence-corrected chi connectivity index (χ3v) is 7.48. The van der Waals surface area contributed by atoms with Gasteiger partial charge in [-0.2, -0.15) is 0 Å². The van der Waals surface area contributed by atoms with Gasteiger partial charge in [-0.05, 0) is 12.8 Å². The Balaban J connectivity index is 4.33. The lowest BCUT2D eigenvalue weighted by Crippen LogP contribution is -2.29. The second kappa shape index (κ2) is 27.2. The first-order valence-electron chi connectivity index (χ1n) is 15.5. The Labute approximate surface area is 237 Å². The molecule has 0 aromatic rings. The summed E-state index contributed by atoms with van der Waals surface area (Å²) in [7, 11) is -4.35. The van der Waals surface area contributed by atoms with Crippen LogP contribution in [0, 0.1) is 0 Å². The van der Waals surface area contributed by atoms with Gasteiger partial charge in [0.1, 0.15) is 6.61 Å². The second-order valence-corrected chi connectivity index (χ2v) is 11.8. The van der Waals surface area contributed by atoms with Gasteiger partial charge in [0.25, 0.3) is 0 Å². The number of nitrogens with two attached hydrogens (primary N) is 1. The highest BCUT2D eigenvalue weighted by molar-refractivity contribution is 7.47. The molecule has 9 nitrogen and oxygen atoms in total. The summed E-state index contributed by atoms with van der Waals surface area (Å²) in [5, 5.41) is 0. The lowest BCUT2D eigenvalue weighted by Gasteiger charge is -2.19. The molecule has 0 heterocycles. The van der Waals surface area contributed by atoms with E-state index in [1.54, 1.807) is 0 Å². The molecule has 0 saturated heterocycles. The molecule has 0 aliphatic carbocycles. The van der Waals surface area contributed by atoms with E-state index in [9.17, 15) is 19.0 Å². The molecule has 2 atom stereocenters. The normalized spacial score (nSPS) is 13.6. The van der Waals surface area contributed by atoms with Crippen LogP contribution in [0.1, 0.15) is 142 Å². The fourth-order valence-corrected chi connectivity index (χ4v) is 4.93. The number of hydrogen-bond donors (Lipinski definition) is 2. The first-order valence-corrected chi connectivity index (χ1v) is 17.0. The minimum atomic E-state index is -4.35. The fraction of sp³-hybridized carbons (Fsp3) is 0.931. The van der Waals surface area contributed by atoms with Gasteiger partial charge in [0.05, 0.1) is 13.2 Å². The summed E-state index contributed by atoms with van der Waals surface area (Å²) in [5.41, 5.74) is 5.29. The van der Waals surface area contributed by atoms with E-state index in [0.29, 0.717) is 6.42 Å². The third-order valence-electron chi connectivity index (χ3n) is 6.49. The van der Waals surface area contributed by atoms with Gasteiger partial charge in [-0.3, -0.25) is 18.6 Å². The van der Waals surface area contributed by atoms with Crippen molar-refractivity contribution < 1.29 is 37.6 Å². The maximum atomic E-state index is 12.4. The Morgan fingerprint density at radius 1 is 0.667 bits per heavy atom. The quantitative estimate of drug-likeness (QED) is 0.0529. The molecule has 232 valence electrons. The number of unbranched alkanes of at least 4 members (excludes halogenated alkanes) is 16. The van der Waals surface area contributed by atoms with E-state index in [2.05, 4.69) is 13.8 Å². The molecular formula is C29H58NO8P. The number of esters is 2. The molecule has 0 aliphatic heterocycles. The molecule has 0 rings (SSSR count). The molecule has 10 heteroatoms. The molecular weight excluding hydrogens is 521 g/mol. The predicted molar refractivity (Wildman–Crippen MR) is 155 cm³/mol. The summed E-state index contributed by atoms with van der Waals surface area (Å²) < 4.78 is 32.3. The van der Waals surface area contributed by atoms with E-state index in [1.165, 1.54) is 77.0 Å². The molecule has 0 aromatic heterocycles. The average molecular weight is 580 g/mol. The van der Waals surface area contributed by atoms with Crippen LogP contribution in [0.15, 0.2) is 0 Å². The number of rotatable bonds is 29. The molecule has 0 fully saturated rings. The van der Waals surface area contributed by atoms with E-state index < -0.39 is 26.5 Å². The summed E-state index contributed by atoms with van der Waals surface area (Å²) in [6.07, 6.45) is 20.0. The van der Waals surface area contributed by atoms with E-state index in [1.807, 2.05) is 0 Å². The van der Waals surface area contributed by atoms with Crippen molar-refractivity contribution in [3.63, 3.8) is 0 Å². The van der Waals surface area contributed by atoms with E-state index >= 15 is 0 Å². The summed E-state index contributed by atoms with van der Waals surface area (Å²) in [4.78, 5) is 34.3. The summed E-state index contributed by atoms with van der Waals surface area (Å²) in [6.45, 7) is 3.66. The topological polar surface area (TPSA) is 134 Å².